The number of hydrogen-bond donors (Lipinski definition) is 2. The summed E-state index contributed by atoms with van der Waals surface area (Å²) < 4.78 is 25.7. The zero-order valence-corrected chi connectivity index (χ0v) is 12.7. The minimum absolute atomic E-state index is 0.221. The molecule has 2 aromatic carbocycles. The second-order valence-electron chi connectivity index (χ2n) is 4.52. The number of H-pyrrole nitrogens is 1. The first-order chi connectivity index (χ1) is 10.0. The molecule has 3 rings (SSSR count). The highest BCUT2D eigenvalue weighted by atomic mass is 35.5. The van der Waals surface area contributed by atoms with Crippen molar-refractivity contribution in [2.45, 2.75) is 4.90 Å². The number of nitrogens with one attached hydrogen (secondary N) is 2. The lowest BCUT2D eigenvalue weighted by Gasteiger charge is -2.07. The quantitative estimate of drug-likeness (QED) is 0.779. The van der Waals surface area contributed by atoms with Gasteiger partial charge in [-0.3, -0.25) is 5.10 Å². The van der Waals surface area contributed by atoms with Crippen LogP contribution in [0, 0.1) is 0 Å². The molecule has 1 heterocycles. The molecule has 2 N–H and O–H groups in total. The topological polar surface area (TPSA) is 74.8 Å². The van der Waals surface area contributed by atoms with Crippen LogP contribution in [0.4, 0.5) is 0 Å². The van der Waals surface area contributed by atoms with Crippen molar-refractivity contribution in [1.29, 1.82) is 0 Å². The maximum atomic E-state index is 11.7. The molecule has 0 spiro atoms. The van der Waals surface area contributed by atoms with Gasteiger partial charge < -0.3 is 0 Å². The Hall–Kier alpha value is -1.89. The SMILES string of the molecule is CNS(=O)(=O)c1ccc(-c2cc(Cl)cc3[nH]ncc23)cc1. The molecule has 108 valence electrons. The third-order valence-electron chi connectivity index (χ3n) is 3.27. The van der Waals surface area contributed by atoms with Gasteiger partial charge in [0.25, 0.3) is 0 Å². The molecule has 5 nitrogen and oxygen atoms in total. The zero-order valence-electron chi connectivity index (χ0n) is 11.1. The fourth-order valence-corrected chi connectivity index (χ4v) is 3.13. The molecule has 0 fully saturated rings. The Morgan fingerprint density at radius 3 is 2.57 bits per heavy atom. The van der Waals surface area contributed by atoms with Gasteiger partial charge in [0, 0.05) is 10.4 Å². The van der Waals surface area contributed by atoms with Crippen molar-refractivity contribution in [1.82, 2.24) is 14.9 Å². The number of sulfonamides is 1. The van der Waals surface area contributed by atoms with Crippen molar-refractivity contribution in [2.75, 3.05) is 7.05 Å². The highest BCUT2D eigenvalue weighted by molar-refractivity contribution is 7.89. The van der Waals surface area contributed by atoms with E-state index in [2.05, 4.69) is 14.9 Å². The first kappa shape index (κ1) is 14.1. The third kappa shape index (κ3) is 2.53. The maximum Gasteiger partial charge on any atom is 0.240 e. The molecule has 0 unspecified atom stereocenters. The molecule has 21 heavy (non-hydrogen) atoms. The first-order valence-electron chi connectivity index (χ1n) is 6.18. The minimum Gasteiger partial charge on any atom is -0.278 e. The summed E-state index contributed by atoms with van der Waals surface area (Å²) in [5, 5.41) is 8.41. The summed E-state index contributed by atoms with van der Waals surface area (Å²) in [4.78, 5) is 0.221. The predicted octanol–water partition coefficient (Wildman–Crippen LogP) is 2.79. The van der Waals surface area contributed by atoms with Crippen molar-refractivity contribution < 1.29 is 8.42 Å². The third-order valence-corrected chi connectivity index (χ3v) is 4.92. The van der Waals surface area contributed by atoms with Gasteiger partial charge in [-0.05, 0) is 42.4 Å². The summed E-state index contributed by atoms with van der Waals surface area (Å²) >= 11 is 6.10. The lowest BCUT2D eigenvalue weighted by Crippen LogP contribution is -2.18. The van der Waals surface area contributed by atoms with Crippen LogP contribution >= 0.6 is 11.6 Å². The highest BCUT2D eigenvalue weighted by Crippen LogP contribution is 2.31. The van der Waals surface area contributed by atoms with Crippen LogP contribution in [-0.2, 0) is 10.0 Å². The van der Waals surface area contributed by atoms with E-state index >= 15 is 0 Å². The minimum atomic E-state index is -3.43. The van der Waals surface area contributed by atoms with Gasteiger partial charge in [-0.2, -0.15) is 5.10 Å². The van der Waals surface area contributed by atoms with Gasteiger partial charge in [-0.15, -0.1) is 0 Å². The molecule has 0 saturated carbocycles. The summed E-state index contributed by atoms with van der Waals surface area (Å²) in [5.74, 6) is 0. The van der Waals surface area contributed by atoms with Crippen LogP contribution in [0.3, 0.4) is 0 Å². The number of rotatable bonds is 3. The van der Waals surface area contributed by atoms with Crippen LogP contribution in [0.5, 0.6) is 0 Å². The second kappa shape index (κ2) is 5.14. The smallest absolute Gasteiger partial charge is 0.240 e. The molecule has 0 radical (unpaired) electrons. The molecular weight excluding hydrogens is 310 g/mol. The van der Waals surface area contributed by atoms with Crippen LogP contribution in [0.25, 0.3) is 22.0 Å². The van der Waals surface area contributed by atoms with Gasteiger partial charge in [-0.25, -0.2) is 13.1 Å². The van der Waals surface area contributed by atoms with E-state index in [1.54, 1.807) is 36.5 Å². The highest BCUT2D eigenvalue weighted by Gasteiger charge is 2.12. The van der Waals surface area contributed by atoms with Gasteiger partial charge >= 0.3 is 0 Å². The molecule has 0 saturated heterocycles. The number of fused-ring (bicyclic) bond motifs is 1. The molecule has 0 bridgehead atoms. The maximum absolute atomic E-state index is 11.7. The molecular formula is C14H12ClN3O2S. The van der Waals surface area contributed by atoms with Gasteiger partial charge in [0.1, 0.15) is 0 Å². The Labute approximate surface area is 127 Å². The lowest BCUT2D eigenvalue weighted by atomic mass is 10.0. The van der Waals surface area contributed by atoms with E-state index in [-0.39, 0.29) is 4.90 Å². The van der Waals surface area contributed by atoms with Crippen LogP contribution in [-0.4, -0.2) is 25.7 Å². The summed E-state index contributed by atoms with van der Waals surface area (Å²) in [6.45, 7) is 0. The summed E-state index contributed by atoms with van der Waals surface area (Å²) in [7, 11) is -2.05. The lowest BCUT2D eigenvalue weighted by molar-refractivity contribution is 0.588. The molecule has 7 heteroatoms. The number of halogens is 1. The Kier molecular flexibility index (Phi) is 3.44. The fourth-order valence-electron chi connectivity index (χ4n) is 2.19. The van der Waals surface area contributed by atoms with E-state index in [0.717, 1.165) is 22.0 Å². The van der Waals surface area contributed by atoms with E-state index in [4.69, 9.17) is 11.6 Å². The molecule has 0 aliphatic rings. The van der Waals surface area contributed by atoms with Crippen LogP contribution in [0.15, 0.2) is 47.5 Å². The van der Waals surface area contributed by atoms with E-state index in [0.29, 0.717) is 5.02 Å². The van der Waals surface area contributed by atoms with E-state index in [1.165, 1.54) is 7.05 Å². The Balaban J connectivity index is 2.14. The van der Waals surface area contributed by atoms with Crippen LogP contribution in [0.2, 0.25) is 5.02 Å². The Bertz CT molecular complexity index is 902. The average molecular weight is 322 g/mol. The number of aromatic amines is 1. The van der Waals surface area contributed by atoms with Crippen molar-refractivity contribution in [3.8, 4) is 11.1 Å². The number of nitrogens with zero attached hydrogens (tertiary/aromatic N) is 1. The van der Waals surface area contributed by atoms with Gasteiger partial charge in [0.05, 0.1) is 16.6 Å². The largest absolute Gasteiger partial charge is 0.278 e. The monoisotopic (exact) mass is 321 g/mol. The number of aromatic nitrogens is 2. The van der Waals surface area contributed by atoms with E-state index in [1.807, 2.05) is 6.07 Å². The predicted molar refractivity (Wildman–Crippen MR) is 82.8 cm³/mol. The normalized spacial score (nSPS) is 11.9. The average Bonchev–Trinajstić information content (AvgIpc) is 2.94. The Morgan fingerprint density at radius 2 is 1.90 bits per heavy atom. The van der Waals surface area contributed by atoms with E-state index in [9.17, 15) is 8.42 Å². The second-order valence-corrected chi connectivity index (χ2v) is 6.84. The van der Waals surface area contributed by atoms with Crippen molar-refractivity contribution >= 4 is 32.5 Å². The zero-order chi connectivity index (χ0) is 15.0. The van der Waals surface area contributed by atoms with Gasteiger partial charge in [0.15, 0.2) is 0 Å². The molecule has 0 atom stereocenters. The fraction of sp³-hybridized carbons (Fsp3) is 0.0714. The molecule has 1 aromatic heterocycles. The van der Waals surface area contributed by atoms with Gasteiger partial charge in [0.2, 0.25) is 10.0 Å². The summed E-state index contributed by atoms with van der Waals surface area (Å²) in [6, 6.07) is 10.3. The molecule has 0 amide bonds. The van der Waals surface area contributed by atoms with Crippen molar-refractivity contribution in [3.63, 3.8) is 0 Å². The van der Waals surface area contributed by atoms with Crippen molar-refractivity contribution in [3.05, 3.63) is 47.6 Å². The standard InChI is InChI=1S/C14H12ClN3O2S/c1-16-21(19,20)11-4-2-9(3-5-11)12-6-10(15)7-14-13(12)8-17-18-14/h2-8,16H,1H3,(H,17,18). The van der Waals surface area contributed by atoms with Crippen LogP contribution < -0.4 is 4.72 Å². The van der Waals surface area contributed by atoms with E-state index < -0.39 is 10.0 Å². The summed E-state index contributed by atoms with van der Waals surface area (Å²) in [6.07, 6.45) is 1.72. The van der Waals surface area contributed by atoms with Crippen LogP contribution in [0.1, 0.15) is 0 Å². The number of benzene rings is 2. The molecule has 3 aromatic rings. The van der Waals surface area contributed by atoms with Crippen molar-refractivity contribution in [2.24, 2.45) is 0 Å². The summed E-state index contributed by atoms with van der Waals surface area (Å²) in [5.41, 5.74) is 2.61. The first-order valence-corrected chi connectivity index (χ1v) is 8.04. The molecule has 0 aliphatic carbocycles. The Morgan fingerprint density at radius 1 is 1.19 bits per heavy atom. The number of hydrogen-bond acceptors (Lipinski definition) is 3. The van der Waals surface area contributed by atoms with Gasteiger partial charge in [-0.1, -0.05) is 23.7 Å². The molecule has 0 aliphatic heterocycles.